The quantitative estimate of drug-likeness (QED) is 0.698. The van der Waals surface area contributed by atoms with Crippen molar-refractivity contribution in [2.75, 3.05) is 25.6 Å². The van der Waals surface area contributed by atoms with Crippen LogP contribution in [0.15, 0.2) is 12.1 Å². The van der Waals surface area contributed by atoms with Crippen molar-refractivity contribution in [2.45, 2.75) is 58.9 Å². The highest BCUT2D eigenvalue weighted by Gasteiger charge is 2.38. The maximum absolute atomic E-state index is 14.8. The molecule has 1 unspecified atom stereocenters. The van der Waals surface area contributed by atoms with Crippen molar-refractivity contribution < 1.29 is 32.6 Å². The number of carbonyl (C=O) groups excluding carboxylic acids is 3. The molecule has 0 bridgehead atoms. The van der Waals surface area contributed by atoms with Gasteiger partial charge in [-0.25, -0.2) is 33.6 Å². The third-order valence-corrected chi connectivity index (χ3v) is 4.29. The second-order valence-corrected chi connectivity index (χ2v) is 9.52. The number of ether oxygens (including phenoxy) is 2. The van der Waals surface area contributed by atoms with Crippen molar-refractivity contribution in [1.82, 2.24) is 15.2 Å². The Bertz CT molecular complexity index is 911. The third-order valence-electron chi connectivity index (χ3n) is 4.29. The van der Waals surface area contributed by atoms with E-state index in [2.05, 4.69) is 5.43 Å². The van der Waals surface area contributed by atoms with Gasteiger partial charge in [-0.15, -0.1) is 0 Å². The Balaban J connectivity index is 2.20. The Morgan fingerprint density at radius 2 is 1.62 bits per heavy atom. The van der Waals surface area contributed by atoms with Gasteiger partial charge in [0.15, 0.2) is 0 Å². The summed E-state index contributed by atoms with van der Waals surface area (Å²) >= 11 is 0. The van der Waals surface area contributed by atoms with E-state index < -0.39 is 58.3 Å². The number of likely N-dealkylation sites (N-methyl/N-ethyl adjacent to an activating group) is 2. The van der Waals surface area contributed by atoms with E-state index in [-0.39, 0.29) is 6.54 Å². The lowest BCUT2D eigenvalue weighted by molar-refractivity contribution is 0.00636. The first kappa shape index (κ1) is 25.3. The first-order valence-electron chi connectivity index (χ1n) is 10.00. The van der Waals surface area contributed by atoms with Crippen LogP contribution in [0.4, 0.5) is 24.1 Å². The lowest BCUT2D eigenvalue weighted by Crippen LogP contribution is -2.47. The second-order valence-electron chi connectivity index (χ2n) is 9.52. The van der Waals surface area contributed by atoms with Gasteiger partial charge in [-0.05, 0) is 47.6 Å². The summed E-state index contributed by atoms with van der Waals surface area (Å²) in [7, 11) is 2.94. The lowest BCUT2D eigenvalue weighted by Gasteiger charge is -2.27. The van der Waals surface area contributed by atoms with Crippen LogP contribution in [0, 0.1) is 11.6 Å². The number of anilines is 1. The molecule has 9 nitrogen and oxygen atoms in total. The smallest absolute Gasteiger partial charge is 0.410 e. The maximum atomic E-state index is 14.8. The van der Waals surface area contributed by atoms with Crippen molar-refractivity contribution in [3.05, 3.63) is 29.3 Å². The fraction of sp³-hybridized carbons (Fsp3) is 0.571. The Labute approximate surface area is 186 Å². The van der Waals surface area contributed by atoms with Gasteiger partial charge in [-0.1, -0.05) is 0 Å². The van der Waals surface area contributed by atoms with Crippen molar-refractivity contribution in [3.63, 3.8) is 0 Å². The first-order valence-corrected chi connectivity index (χ1v) is 10.00. The predicted molar refractivity (Wildman–Crippen MR) is 113 cm³/mol. The van der Waals surface area contributed by atoms with Crippen LogP contribution in [0.25, 0.3) is 0 Å². The minimum absolute atomic E-state index is 0.0216. The number of benzene rings is 1. The molecule has 1 aromatic carbocycles. The Morgan fingerprint density at radius 1 is 1.06 bits per heavy atom. The van der Waals surface area contributed by atoms with E-state index in [4.69, 9.17) is 9.47 Å². The molecule has 1 aromatic rings. The summed E-state index contributed by atoms with van der Waals surface area (Å²) in [4.78, 5) is 39.5. The molecule has 1 saturated heterocycles. The molecule has 1 N–H and O–H groups in total. The number of carbonyl (C=O) groups is 3. The molecule has 2 rings (SSSR count). The zero-order valence-electron chi connectivity index (χ0n) is 19.6. The summed E-state index contributed by atoms with van der Waals surface area (Å²) in [6, 6.07) is 0.761. The number of nitrogens with zero attached hydrogens (tertiary/aromatic N) is 3. The van der Waals surface area contributed by atoms with Crippen LogP contribution in [-0.4, -0.2) is 65.9 Å². The Hall–Kier alpha value is -2.95. The summed E-state index contributed by atoms with van der Waals surface area (Å²) in [6.45, 7) is 10.0. The molecule has 1 aliphatic heterocycles. The van der Waals surface area contributed by atoms with Crippen LogP contribution in [0.1, 0.15) is 51.9 Å². The second kappa shape index (κ2) is 8.89. The van der Waals surface area contributed by atoms with E-state index in [0.29, 0.717) is 6.07 Å². The molecule has 0 spiro atoms. The number of nitrogens with one attached hydrogen (secondary N) is 1. The molecule has 11 heteroatoms. The van der Waals surface area contributed by atoms with Gasteiger partial charge in [0.05, 0.1) is 12.1 Å². The summed E-state index contributed by atoms with van der Waals surface area (Å²) in [5, 5.41) is 0.824. The van der Waals surface area contributed by atoms with E-state index in [1.807, 2.05) is 0 Å². The predicted octanol–water partition coefficient (Wildman–Crippen LogP) is 3.49. The number of hydrazine groups is 1. The molecule has 1 heterocycles. The maximum Gasteiger partial charge on any atom is 0.410 e. The van der Waals surface area contributed by atoms with Crippen LogP contribution < -0.4 is 10.4 Å². The minimum Gasteiger partial charge on any atom is -0.456 e. The highest BCUT2D eigenvalue weighted by atomic mass is 19.1. The van der Waals surface area contributed by atoms with Crippen LogP contribution in [0.3, 0.4) is 0 Å². The molecule has 0 radical (unpaired) electrons. The standard InChI is InChI=1S/C21H30F2N4O5/c1-20(2,3)31-17(28)12-9-14(23)15(10-13(12)22)27-18(29)26(8)16(24-27)11-25(7)19(30)32-21(4,5)6/h9-10,16,24H,11H2,1-8H3. The molecule has 0 saturated carbocycles. The van der Waals surface area contributed by atoms with Crippen molar-refractivity contribution in [1.29, 1.82) is 0 Å². The van der Waals surface area contributed by atoms with Crippen molar-refractivity contribution >= 4 is 23.8 Å². The van der Waals surface area contributed by atoms with Gasteiger partial charge >= 0.3 is 18.1 Å². The van der Waals surface area contributed by atoms with Gasteiger partial charge in [0.25, 0.3) is 0 Å². The number of esters is 1. The number of hydrogen-bond acceptors (Lipinski definition) is 6. The molecule has 1 fully saturated rings. The highest BCUT2D eigenvalue weighted by molar-refractivity contribution is 5.95. The lowest BCUT2D eigenvalue weighted by atomic mass is 10.1. The van der Waals surface area contributed by atoms with Gasteiger partial charge in [0.1, 0.15) is 34.7 Å². The van der Waals surface area contributed by atoms with E-state index in [0.717, 1.165) is 11.1 Å². The molecule has 0 aliphatic carbocycles. The molecule has 1 atom stereocenters. The zero-order valence-corrected chi connectivity index (χ0v) is 19.6. The van der Waals surface area contributed by atoms with E-state index in [9.17, 15) is 23.2 Å². The summed E-state index contributed by atoms with van der Waals surface area (Å²) in [5.74, 6) is -3.06. The Morgan fingerprint density at radius 3 is 2.16 bits per heavy atom. The van der Waals surface area contributed by atoms with Gasteiger partial charge in [-0.3, -0.25) is 0 Å². The molecule has 178 valence electrons. The Kier molecular flexibility index (Phi) is 7.03. The van der Waals surface area contributed by atoms with E-state index in [1.54, 1.807) is 41.5 Å². The molecule has 1 aliphatic rings. The van der Waals surface area contributed by atoms with E-state index >= 15 is 0 Å². The topological polar surface area (TPSA) is 91.4 Å². The fourth-order valence-corrected chi connectivity index (χ4v) is 2.79. The highest BCUT2D eigenvalue weighted by Crippen LogP contribution is 2.27. The van der Waals surface area contributed by atoms with Gasteiger partial charge in [0.2, 0.25) is 0 Å². The molecular formula is C21H30F2N4O5. The van der Waals surface area contributed by atoms with Gasteiger partial charge in [0, 0.05) is 20.2 Å². The van der Waals surface area contributed by atoms with Gasteiger partial charge < -0.3 is 19.3 Å². The minimum atomic E-state index is -1.04. The summed E-state index contributed by atoms with van der Waals surface area (Å²) < 4.78 is 39.7. The number of rotatable bonds is 4. The van der Waals surface area contributed by atoms with Crippen LogP contribution in [0.5, 0.6) is 0 Å². The van der Waals surface area contributed by atoms with Crippen molar-refractivity contribution in [3.8, 4) is 0 Å². The molecule has 3 amide bonds. The molecular weight excluding hydrogens is 426 g/mol. The van der Waals surface area contributed by atoms with Crippen LogP contribution >= 0.6 is 0 Å². The normalized spacial score (nSPS) is 16.9. The van der Waals surface area contributed by atoms with Crippen molar-refractivity contribution in [2.24, 2.45) is 0 Å². The number of halogens is 2. The third kappa shape index (κ3) is 6.06. The SMILES string of the molecule is CN(CC1NN(c2cc(F)c(C(=O)OC(C)(C)C)cc2F)C(=O)N1C)C(=O)OC(C)(C)C. The van der Waals surface area contributed by atoms with E-state index in [1.165, 1.54) is 23.9 Å². The average molecular weight is 456 g/mol. The monoisotopic (exact) mass is 456 g/mol. The molecule has 0 aromatic heterocycles. The molecule has 32 heavy (non-hydrogen) atoms. The number of hydrogen-bond donors (Lipinski definition) is 1. The van der Waals surface area contributed by atoms with Crippen LogP contribution in [0.2, 0.25) is 0 Å². The largest absolute Gasteiger partial charge is 0.456 e. The number of urea groups is 1. The fourth-order valence-electron chi connectivity index (χ4n) is 2.79. The first-order chi connectivity index (χ1) is 14.5. The summed E-state index contributed by atoms with van der Waals surface area (Å²) in [5.41, 5.74) is 0.175. The zero-order chi connectivity index (χ0) is 24.6. The number of amides is 3. The average Bonchev–Trinajstić information content (AvgIpc) is 2.88. The van der Waals surface area contributed by atoms with Crippen LogP contribution in [-0.2, 0) is 9.47 Å². The van der Waals surface area contributed by atoms with Gasteiger partial charge in [-0.2, -0.15) is 0 Å². The summed E-state index contributed by atoms with van der Waals surface area (Å²) in [6.07, 6.45) is -1.33.